The summed E-state index contributed by atoms with van der Waals surface area (Å²) in [6.45, 7) is 9.57. The van der Waals surface area contributed by atoms with Gasteiger partial charge in [0, 0.05) is 37.6 Å². The van der Waals surface area contributed by atoms with Crippen LogP contribution in [-0.4, -0.2) is 53.8 Å². The predicted molar refractivity (Wildman–Crippen MR) is 112 cm³/mol. The van der Waals surface area contributed by atoms with Crippen molar-refractivity contribution in [2.75, 3.05) is 37.6 Å². The minimum Gasteiger partial charge on any atom is -0.353 e. The van der Waals surface area contributed by atoms with Crippen LogP contribution in [0.1, 0.15) is 44.4 Å². The Balaban J connectivity index is 1.38. The summed E-state index contributed by atoms with van der Waals surface area (Å²) in [5, 5.41) is 0.750. The van der Waals surface area contributed by atoms with E-state index in [0.717, 1.165) is 61.2 Å². The molecule has 0 spiro atoms. The molecule has 2 fully saturated rings. The van der Waals surface area contributed by atoms with Gasteiger partial charge in [0.15, 0.2) is 0 Å². The Kier molecular flexibility index (Phi) is 5.77. The van der Waals surface area contributed by atoms with Gasteiger partial charge in [0.2, 0.25) is 0 Å². The average Bonchev–Trinajstić information content (AvgIpc) is 3.04. The fourth-order valence-electron chi connectivity index (χ4n) is 4.58. The van der Waals surface area contributed by atoms with Crippen LogP contribution in [0, 0.1) is 11.3 Å². The standard InChI is InChI=1S/C21H29F3N4S/c1-20(2)5-3-15(4-6-20)13-27-7-9-28(10-8-27)18-17-11-16(12-21(22,23)24)29-19(17)26-14-25-18/h11,14-15H,3-10,12-13H2,1-2H3. The first kappa shape index (κ1) is 20.8. The van der Waals surface area contributed by atoms with Crippen LogP contribution in [-0.2, 0) is 6.42 Å². The lowest BCUT2D eigenvalue weighted by atomic mass is 9.73. The third kappa shape index (κ3) is 5.20. The molecule has 4 rings (SSSR count). The molecule has 160 valence electrons. The van der Waals surface area contributed by atoms with Gasteiger partial charge in [0.1, 0.15) is 17.0 Å². The highest BCUT2D eigenvalue weighted by atomic mass is 32.1. The van der Waals surface area contributed by atoms with Crippen molar-refractivity contribution in [3.05, 3.63) is 17.3 Å². The largest absolute Gasteiger partial charge is 0.393 e. The van der Waals surface area contributed by atoms with E-state index >= 15 is 0 Å². The number of fused-ring (bicyclic) bond motifs is 1. The molecule has 0 amide bonds. The van der Waals surface area contributed by atoms with Gasteiger partial charge >= 0.3 is 6.18 Å². The quantitative estimate of drug-likeness (QED) is 0.678. The summed E-state index contributed by atoms with van der Waals surface area (Å²) in [4.78, 5) is 14.3. The van der Waals surface area contributed by atoms with Crippen molar-refractivity contribution >= 4 is 27.4 Å². The maximum Gasteiger partial charge on any atom is 0.393 e. The molecule has 0 N–H and O–H groups in total. The van der Waals surface area contributed by atoms with E-state index in [0.29, 0.717) is 15.1 Å². The SMILES string of the molecule is CC1(C)CCC(CN2CCN(c3ncnc4sc(CC(F)(F)F)cc34)CC2)CC1. The molecule has 1 saturated heterocycles. The molecule has 4 nitrogen and oxygen atoms in total. The molecule has 29 heavy (non-hydrogen) atoms. The molecule has 3 heterocycles. The number of hydrogen-bond donors (Lipinski definition) is 0. The minimum atomic E-state index is -4.20. The van der Waals surface area contributed by atoms with Gasteiger partial charge in [-0.15, -0.1) is 11.3 Å². The van der Waals surface area contributed by atoms with E-state index in [1.807, 2.05) is 0 Å². The van der Waals surface area contributed by atoms with Gasteiger partial charge in [-0.05, 0) is 43.1 Å². The van der Waals surface area contributed by atoms with Crippen molar-refractivity contribution in [1.29, 1.82) is 0 Å². The van der Waals surface area contributed by atoms with Gasteiger partial charge in [-0.3, -0.25) is 4.90 Å². The van der Waals surface area contributed by atoms with E-state index in [1.54, 1.807) is 6.07 Å². The van der Waals surface area contributed by atoms with E-state index in [-0.39, 0.29) is 0 Å². The topological polar surface area (TPSA) is 32.3 Å². The third-order valence-electron chi connectivity index (χ3n) is 6.38. The molecular formula is C21H29F3N4S. The number of aromatic nitrogens is 2. The van der Waals surface area contributed by atoms with E-state index in [4.69, 9.17) is 0 Å². The number of halogens is 3. The first-order chi connectivity index (χ1) is 13.7. The van der Waals surface area contributed by atoms with Gasteiger partial charge in [-0.2, -0.15) is 13.2 Å². The van der Waals surface area contributed by atoms with Crippen LogP contribution in [0.25, 0.3) is 10.2 Å². The molecule has 1 aliphatic carbocycles. The molecule has 2 aromatic heterocycles. The third-order valence-corrected chi connectivity index (χ3v) is 7.42. The van der Waals surface area contributed by atoms with Crippen molar-refractivity contribution in [2.45, 2.75) is 52.1 Å². The molecule has 1 aliphatic heterocycles. The van der Waals surface area contributed by atoms with Crippen LogP contribution in [0.3, 0.4) is 0 Å². The van der Waals surface area contributed by atoms with Crippen LogP contribution < -0.4 is 4.90 Å². The number of rotatable bonds is 4. The molecule has 0 unspecified atom stereocenters. The number of alkyl halides is 3. The van der Waals surface area contributed by atoms with Crippen LogP contribution >= 0.6 is 11.3 Å². The van der Waals surface area contributed by atoms with Gasteiger partial charge in [-0.25, -0.2) is 9.97 Å². The van der Waals surface area contributed by atoms with Crippen LogP contribution in [0.4, 0.5) is 19.0 Å². The zero-order chi connectivity index (χ0) is 20.6. The molecular weight excluding hydrogens is 397 g/mol. The average molecular weight is 427 g/mol. The maximum atomic E-state index is 12.8. The summed E-state index contributed by atoms with van der Waals surface area (Å²) in [7, 11) is 0. The summed E-state index contributed by atoms with van der Waals surface area (Å²) in [6.07, 6.45) is 1.63. The van der Waals surface area contributed by atoms with E-state index in [9.17, 15) is 13.2 Å². The highest BCUT2D eigenvalue weighted by Crippen LogP contribution is 2.38. The van der Waals surface area contributed by atoms with E-state index < -0.39 is 12.6 Å². The second-order valence-corrected chi connectivity index (χ2v) is 10.4. The Morgan fingerprint density at radius 2 is 1.79 bits per heavy atom. The Hall–Kier alpha value is -1.41. The second-order valence-electron chi connectivity index (χ2n) is 9.32. The zero-order valence-corrected chi connectivity index (χ0v) is 18.0. The van der Waals surface area contributed by atoms with Crippen LogP contribution in [0.2, 0.25) is 0 Å². The second kappa shape index (κ2) is 8.02. The number of hydrogen-bond acceptors (Lipinski definition) is 5. The first-order valence-electron chi connectivity index (χ1n) is 10.5. The smallest absolute Gasteiger partial charge is 0.353 e. The Labute approximate surface area is 174 Å². The minimum absolute atomic E-state index is 0.299. The van der Waals surface area contributed by atoms with Crippen LogP contribution in [0.5, 0.6) is 0 Å². The number of piperazine rings is 1. The molecule has 8 heteroatoms. The molecule has 0 bridgehead atoms. The fraction of sp³-hybridized carbons (Fsp3) is 0.714. The number of nitrogens with zero attached hydrogens (tertiary/aromatic N) is 4. The van der Waals surface area contributed by atoms with E-state index in [1.165, 1.54) is 32.0 Å². The summed E-state index contributed by atoms with van der Waals surface area (Å²) in [5.74, 6) is 1.57. The maximum absolute atomic E-state index is 12.8. The monoisotopic (exact) mass is 426 g/mol. The lowest BCUT2D eigenvalue weighted by Crippen LogP contribution is -2.48. The molecule has 0 aromatic carbocycles. The van der Waals surface area contributed by atoms with Gasteiger partial charge in [0.05, 0.1) is 11.8 Å². The Bertz CT molecular complexity index is 830. The number of anilines is 1. The highest BCUT2D eigenvalue weighted by Gasteiger charge is 2.31. The van der Waals surface area contributed by atoms with Gasteiger partial charge in [-0.1, -0.05) is 13.8 Å². The molecule has 0 radical (unpaired) electrons. The van der Waals surface area contributed by atoms with Gasteiger partial charge < -0.3 is 4.90 Å². The highest BCUT2D eigenvalue weighted by molar-refractivity contribution is 7.18. The lowest BCUT2D eigenvalue weighted by Gasteiger charge is -2.40. The first-order valence-corrected chi connectivity index (χ1v) is 11.3. The summed E-state index contributed by atoms with van der Waals surface area (Å²) >= 11 is 1.12. The summed E-state index contributed by atoms with van der Waals surface area (Å²) in [6, 6.07) is 1.62. The number of thiophene rings is 1. The molecule has 2 aromatic rings. The molecule has 2 aliphatic rings. The fourth-order valence-corrected chi connectivity index (χ4v) is 5.60. The van der Waals surface area contributed by atoms with Crippen molar-refractivity contribution in [3.63, 3.8) is 0 Å². The molecule has 0 atom stereocenters. The lowest BCUT2D eigenvalue weighted by molar-refractivity contribution is -0.126. The van der Waals surface area contributed by atoms with Gasteiger partial charge in [0.25, 0.3) is 0 Å². The zero-order valence-electron chi connectivity index (χ0n) is 17.1. The van der Waals surface area contributed by atoms with Crippen LogP contribution in [0.15, 0.2) is 12.4 Å². The van der Waals surface area contributed by atoms with Crippen molar-refractivity contribution < 1.29 is 13.2 Å². The summed E-state index contributed by atoms with van der Waals surface area (Å²) in [5.41, 5.74) is 0.499. The Morgan fingerprint density at radius 3 is 2.45 bits per heavy atom. The molecule has 1 saturated carbocycles. The van der Waals surface area contributed by atoms with E-state index in [2.05, 4.69) is 33.6 Å². The van der Waals surface area contributed by atoms with Crippen molar-refractivity contribution in [2.24, 2.45) is 11.3 Å². The predicted octanol–water partition coefficient (Wildman–Crippen LogP) is 5.13. The Morgan fingerprint density at radius 1 is 1.10 bits per heavy atom. The normalized spacial score (nSPS) is 21.8. The van der Waals surface area contributed by atoms with Crippen molar-refractivity contribution in [3.8, 4) is 0 Å². The summed E-state index contributed by atoms with van der Waals surface area (Å²) < 4.78 is 38.3. The van der Waals surface area contributed by atoms with Crippen molar-refractivity contribution in [1.82, 2.24) is 14.9 Å².